The molecule has 0 N–H and O–H groups in total. The lowest BCUT2D eigenvalue weighted by Gasteiger charge is -2.40. The number of carbonyl (C=O) groups excluding carboxylic acids is 1. The summed E-state index contributed by atoms with van der Waals surface area (Å²) in [6.07, 6.45) is 5.26. The Morgan fingerprint density at radius 2 is 2.03 bits per heavy atom. The van der Waals surface area contributed by atoms with E-state index in [4.69, 9.17) is 0 Å². The van der Waals surface area contributed by atoms with Crippen LogP contribution in [0.4, 0.5) is 10.2 Å². The summed E-state index contributed by atoms with van der Waals surface area (Å²) in [7, 11) is 0. The molecule has 0 radical (unpaired) electrons. The van der Waals surface area contributed by atoms with Crippen LogP contribution in [0.1, 0.15) is 25.3 Å². The summed E-state index contributed by atoms with van der Waals surface area (Å²) in [6.45, 7) is 4.14. The van der Waals surface area contributed by atoms with Crippen LogP contribution in [-0.2, 0) is 11.2 Å². The summed E-state index contributed by atoms with van der Waals surface area (Å²) in [4.78, 5) is 25.4. The average Bonchev–Trinajstić information content (AvgIpc) is 2.74. The molecular weight excluding hydrogens is 367 g/mol. The minimum Gasteiger partial charge on any atom is -0.353 e. The largest absolute Gasteiger partial charge is 0.353 e. The molecule has 3 heterocycles. The van der Waals surface area contributed by atoms with Gasteiger partial charge in [-0.3, -0.25) is 9.78 Å². The van der Waals surface area contributed by atoms with Gasteiger partial charge in [0, 0.05) is 43.7 Å². The predicted molar refractivity (Wildman–Crippen MR) is 112 cm³/mol. The van der Waals surface area contributed by atoms with Gasteiger partial charge in [-0.2, -0.15) is 0 Å². The monoisotopic (exact) mass is 392 g/mol. The molecule has 1 atom stereocenters. The van der Waals surface area contributed by atoms with Crippen LogP contribution < -0.4 is 4.90 Å². The van der Waals surface area contributed by atoms with Gasteiger partial charge in [0.2, 0.25) is 5.91 Å². The maximum atomic E-state index is 13.1. The van der Waals surface area contributed by atoms with Crippen molar-refractivity contribution in [2.24, 2.45) is 0 Å². The van der Waals surface area contributed by atoms with Gasteiger partial charge in [-0.05, 0) is 49.6 Å². The molecule has 1 aromatic carbocycles. The Morgan fingerprint density at radius 1 is 1.14 bits per heavy atom. The molecule has 3 aromatic rings. The molecule has 4 rings (SSSR count). The van der Waals surface area contributed by atoms with Gasteiger partial charge < -0.3 is 9.80 Å². The number of amides is 1. The minimum absolute atomic E-state index is 0.102. The van der Waals surface area contributed by atoms with Gasteiger partial charge >= 0.3 is 0 Å². The molecule has 0 bridgehead atoms. The van der Waals surface area contributed by atoms with Crippen molar-refractivity contribution >= 4 is 22.6 Å². The van der Waals surface area contributed by atoms with Crippen molar-refractivity contribution in [1.82, 2.24) is 14.9 Å². The summed E-state index contributed by atoms with van der Waals surface area (Å²) in [5, 5.41) is 1.16. The number of piperazine rings is 1. The fraction of sp³-hybridized carbons (Fsp3) is 0.348. The Hall–Kier alpha value is -3.02. The van der Waals surface area contributed by atoms with Gasteiger partial charge in [0.05, 0.1) is 11.7 Å². The smallest absolute Gasteiger partial charge is 0.222 e. The summed E-state index contributed by atoms with van der Waals surface area (Å²) in [6, 6.07) is 13.4. The number of benzene rings is 1. The van der Waals surface area contributed by atoms with Crippen LogP contribution in [0.25, 0.3) is 10.9 Å². The summed E-state index contributed by atoms with van der Waals surface area (Å²) < 4.78 is 13.1. The van der Waals surface area contributed by atoms with E-state index in [0.717, 1.165) is 29.6 Å². The highest BCUT2D eigenvalue weighted by Crippen LogP contribution is 2.21. The first-order valence-corrected chi connectivity index (χ1v) is 10.1. The first kappa shape index (κ1) is 19.3. The van der Waals surface area contributed by atoms with Crippen LogP contribution in [0.3, 0.4) is 0 Å². The second-order valence-corrected chi connectivity index (χ2v) is 7.56. The molecule has 1 aliphatic heterocycles. The number of anilines is 1. The predicted octanol–water partition coefficient (Wildman–Crippen LogP) is 3.83. The van der Waals surface area contributed by atoms with Crippen LogP contribution in [-0.4, -0.2) is 46.5 Å². The minimum atomic E-state index is -0.336. The lowest BCUT2D eigenvalue weighted by atomic mass is 10.0. The molecule has 0 saturated carbocycles. The topological polar surface area (TPSA) is 49.3 Å². The number of carbonyl (C=O) groups is 1. The van der Waals surface area contributed by atoms with E-state index in [9.17, 15) is 9.18 Å². The lowest BCUT2D eigenvalue weighted by molar-refractivity contribution is -0.133. The van der Waals surface area contributed by atoms with Gasteiger partial charge in [0.15, 0.2) is 0 Å². The molecule has 1 fully saturated rings. The van der Waals surface area contributed by atoms with Crippen LogP contribution in [0.5, 0.6) is 0 Å². The van der Waals surface area contributed by atoms with Crippen molar-refractivity contribution in [1.29, 1.82) is 0 Å². The second kappa shape index (κ2) is 8.55. The molecule has 1 saturated heterocycles. The maximum Gasteiger partial charge on any atom is 0.222 e. The second-order valence-electron chi connectivity index (χ2n) is 7.56. The third-order valence-electron chi connectivity index (χ3n) is 5.56. The highest BCUT2D eigenvalue weighted by Gasteiger charge is 2.27. The molecule has 29 heavy (non-hydrogen) atoms. The van der Waals surface area contributed by atoms with E-state index >= 15 is 0 Å². The normalized spacial score (nSPS) is 17.0. The van der Waals surface area contributed by atoms with E-state index < -0.39 is 0 Å². The van der Waals surface area contributed by atoms with Crippen molar-refractivity contribution < 1.29 is 9.18 Å². The number of rotatable bonds is 5. The molecule has 0 aliphatic carbocycles. The number of fused-ring (bicyclic) bond motifs is 1. The average molecular weight is 392 g/mol. The molecule has 0 spiro atoms. The van der Waals surface area contributed by atoms with Crippen LogP contribution in [0, 0.1) is 5.82 Å². The Labute approximate surface area is 170 Å². The third-order valence-corrected chi connectivity index (χ3v) is 5.56. The van der Waals surface area contributed by atoms with E-state index in [-0.39, 0.29) is 17.8 Å². The zero-order valence-corrected chi connectivity index (χ0v) is 16.6. The van der Waals surface area contributed by atoms with Crippen molar-refractivity contribution in [3.63, 3.8) is 0 Å². The number of hydrogen-bond donors (Lipinski definition) is 0. The standard InChI is InChI=1S/C23H25FN4O/c1-17-16-27(22-11-10-19(24)15-26-22)13-14-28(17)23(29)9-3-6-18-5-2-8-21-20(18)7-4-12-25-21/h2,4-5,7-8,10-12,15,17H,3,6,9,13-14,16H2,1H3. The van der Waals surface area contributed by atoms with Crippen molar-refractivity contribution in [2.45, 2.75) is 32.2 Å². The van der Waals surface area contributed by atoms with Crippen molar-refractivity contribution in [2.75, 3.05) is 24.5 Å². The Kier molecular flexibility index (Phi) is 5.69. The Morgan fingerprint density at radius 3 is 2.83 bits per heavy atom. The highest BCUT2D eigenvalue weighted by molar-refractivity contribution is 5.82. The van der Waals surface area contributed by atoms with E-state index in [2.05, 4.69) is 33.9 Å². The van der Waals surface area contributed by atoms with Gasteiger partial charge in [-0.15, -0.1) is 0 Å². The van der Waals surface area contributed by atoms with Gasteiger partial charge in [0.25, 0.3) is 0 Å². The number of halogens is 1. The molecule has 6 heteroatoms. The van der Waals surface area contributed by atoms with Crippen molar-refractivity contribution in [3.8, 4) is 0 Å². The highest BCUT2D eigenvalue weighted by atomic mass is 19.1. The van der Waals surface area contributed by atoms with Gasteiger partial charge in [-0.1, -0.05) is 18.2 Å². The van der Waals surface area contributed by atoms with E-state index in [1.807, 2.05) is 23.1 Å². The Bertz CT molecular complexity index is 986. The van der Waals surface area contributed by atoms with Crippen LogP contribution >= 0.6 is 0 Å². The van der Waals surface area contributed by atoms with Crippen LogP contribution in [0.2, 0.25) is 0 Å². The number of nitrogens with zero attached hydrogens (tertiary/aromatic N) is 4. The number of aromatic nitrogens is 2. The van der Waals surface area contributed by atoms with Gasteiger partial charge in [-0.25, -0.2) is 9.37 Å². The van der Waals surface area contributed by atoms with E-state index in [1.54, 1.807) is 12.3 Å². The lowest BCUT2D eigenvalue weighted by Crippen LogP contribution is -2.54. The molecule has 1 aliphatic rings. The third kappa shape index (κ3) is 4.36. The summed E-state index contributed by atoms with van der Waals surface area (Å²) >= 11 is 0. The summed E-state index contributed by atoms with van der Waals surface area (Å²) in [5.41, 5.74) is 2.24. The fourth-order valence-corrected chi connectivity index (χ4v) is 4.05. The van der Waals surface area contributed by atoms with E-state index in [1.165, 1.54) is 17.8 Å². The fourth-order valence-electron chi connectivity index (χ4n) is 4.05. The molecule has 150 valence electrons. The molecule has 5 nitrogen and oxygen atoms in total. The maximum absolute atomic E-state index is 13.1. The van der Waals surface area contributed by atoms with Gasteiger partial charge in [0.1, 0.15) is 11.6 Å². The molecule has 1 amide bonds. The number of pyridine rings is 2. The Balaban J connectivity index is 1.31. The quantitative estimate of drug-likeness (QED) is 0.662. The number of aryl methyl sites for hydroxylation is 1. The number of hydrogen-bond acceptors (Lipinski definition) is 4. The van der Waals surface area contributed by atoms with E-state index in [0.29, 0.717) is 26.1 Å². The summed E-state index contributed by atoms with van der Waals surface area (Å²) in [5.74, 6) is 0.620. The first-order chi connectivity index (χ1) is 14.1. The van der Waals surface area contributed by atoms with Crippen LogP contribution in [0.15, 0.2) is 54.9 Å². The zero-order valence-electron chi connectivity index (χ0n) is 16.6. The SMILES string of the molecule is CC1CN(c2ccc(F)cn2)CCN1C(=O)CCCc1cccc2ncccc12. The zero-order chi connectivity index (χ0) is 20.2. The molecule has 1 unspecified atom stereocenters. The van der Waals surface area contributed by atoms with Crippen molar-refractivity contribution in [3.05, 3.63) is 66.2 Å². The first-order valence-electron chi connectivity index (χ1n) is 10.1. The molecular formula is C23H25FN4O. The molecule has 2 aromatic heterocycles.